The lowest BCUT2D eigenvalue weighted by atomic mass is 10.3. The Bertz CT molecular complexity index is 615. The first-order valence-electron chi connectivity index (χ1n) is 4.29. The maximum Gasteiger partial charge on any atom is 0.240 e. The molecule has 0 spiro atoms. The second-order valence-electron chi connectivity index (χ2n) is 3.13. The lowest BCUT2D eigenvalue weighted by molar-refractivity contribution is -0.576. The van der Waals surface area contributed by atoms with Crippen molar-refractivity contribution in [2.75, 3.05) is 0 Å². The molecule has 0 fully saturated rings. The molecule has 1 aromatic carbocycles. The number of nitrogens with zero attached hydrogens (tertiary/aromatic N) is 3. The molecule has 4 heteroatoms. The fourth-order valence-electron chi connectivity index (χ4n) is 1.65. The van der Waals surface area contributed by atoms with Gasteiger partial charge in [0.1, 0.15) is 17.4 Å². The van der Waals surface area contributed by atoms with Gasteiger partial charge in [0.15, 0.2) is 0 Å². The molecule has 0 saturated carbocycles. The molecule has 3 rings (SSSR count). The normalized spacial score (nSPS) is 11.1. The van der Waals surface area contributed by atoms with Gasteiger partial charge in [0.25, 0.3) is 0 Å². The van der Waals surface area contributed by atoms with Crippen molar-refractivity contribution < 1.29 is 4.73 Å². The molecule has 0 aliphatic heterocycles. The van der Waals surface area contributed by atoms with Crippen LogP contribution in [0.2, 0.25) is 0 Å². The Morgan fingerprint density at radius 3 is 3.07 bits per heavy atom. The van der Waals surface area contributed by atoms with Gasteiger partial charge < -0.3 is 5.21 Å². The van der Waals surface area contributed by atoms with Gasteiger partial charge in [-0.1, -0.05) is 12.1 Å². The van der Waals surface area contributed by atoms with Crippen LogP contribution < -0.4 is 4.73 Å². The minimum Gasteiger partial charge on any atom is -0.618 e. The Hall–Kier alpha value is -2.10. The van der Waals surface area contributed by atoms with Crippen LogP contribution in [0.25, 0.3) is 16.6 Å². The average molecular weight is 185 g/mol. The van der Waals surface area contributed by atoms with Gasteiger partial charge in [0, 0.05) is 6.07 Å². The maximum absolute atomic E-state index is 11.6. The Labute approximate surface area is 79.6 Å². The molecular weight excluding hydrogens is 178 g/mol. The van der Waals surface area contributed by atoms with E-state index in [0.29, 0.717) is 5.52 Å². The zero-order valence-corrected chi connectivity index (χ0v) is 7.29. The van der Waals surface area contributed by atoms with Crippen LogP contribution in [0.3, 0.4) is 0 Å². The smallest absolute Gasteiger partial charge is 0.240 e. The summed E-state index contributed by atoms with van der Waals surface area (Å²) in [6, 6.07) is 7.45. The summed E-state index contributed by atoms with van der Waals surface area (Å²) in [4.78, 5) is 4.00. The number of aromatic nitrogens is 3. The van der Waals surface area contributed by atoms with Gasteiger partial charge in [-0.2, -0.15) is 4.73 Å². The van der Waals surface area contributed by atoms with Crippen molar-refractivity contribution in [1.29, 1.82) is 0 Å². The first-order valence-corrected chi connectivity index (χ1v) is 4.29. The molecule has 0 radical (unpaired) electrons. The minimum atomic E-state index is 0.651. The topological polar surface area (TPSA) is 44.2 Å². The summed E-state index contributed by atoms with van der Waals surface area (Å²) < 4.78 is 2.76. The molecule has 68 valence electrons. The molecule has 2 aromatic heterocycles. The van der Waals surface area contributed by atoms with Crippen LogP contribution in [0.5, 0.6) is 0 Å². The molecular formula is C10H7N3O. The lowest BCUT2D eigenvalue weighted by Crippen LogP contribution is -2.27. The van der Waals surface area contributed by atoms with Gasteiger partial charge >= 0.3 is 0 Å². The van der Waals surface area contributed by atoms with Gasteiger partial charge in [-0.15, -0.1) is 0 Å². The molecule has 0 aliphatic carbocycles. The van der Waals surface area contributed by atoms with E-state index in [1.54, 1.807) is 18.6 Å². The summed E-state index contributed by atoms with van der Waals surface area (Å²) in [5, 5.41) is 11.6. The number of para-hydroxylation sites is 2. The predicted molar refractivity (Wildman–Crippen MR) is 51.7 cm³/mol. The number of hydrogen-bond acceptors (Lipinski definition) is 2. The number of rotatable bonds is 0. The van der Waals surface area contributed by atoms with E-state index in [2.05, 4.69) is 4.98 Å². The van der Waals surface area contributed by atoms with E-state index in [4.69, 9.17) is 0 Å². The monoisotopic (exact) mass is 185 g/mol. The van der Waals surface area contributed by atoms with Gasteiger partial charge in [-0.25, -0.2) is 4.98 Å². The quantitative estimate of drug-likeness (QED) is 0.389. The van der Waals surface area contributed by atoms with E-state index in [1.807, 2.05) is 22.6 Å². The summed E-state index contributed by atoms with van der Waals surface area (Å²) in [7, 11) is 0. The summed E-state index contributed by atoms with van der Waals surface area (Å²) in [5.41, 5.74) is 2.33. The molecule has 0 amide bonds. The molecule has 0 N–H and O–H groups in total. The SMILES string of the molecule is [O-][n+]1cc2cncn2c2ccccc21. The fraction of sp³-hybridized carbons (Fsp3) is 0. The Morgan fingerprint density at radius 2 is 2.14 bits per heavy atom. The highest BCUT2D eigenvalue weighted by molar-refractivity contribution is 5.74. The van der Waals surface area contributed by atoms with E-state index in [9.17, 15) is 5.21 Å². The molecule has 14 heavy (non-hydrogen) atoms. The molecule has 0 aliphatic rings. The third-order valence-electron chi connectivity index (χ3n) is 2.30. The van der Waals surface area contributed by atoms with E-state index in [1.165, 1.54) is 6.20 Å². The maximum atomic E-state index is 11.6. The van der Waals surface area contributed by atoms with Crippen LogP contribution >= 0.6 is 0 Å². The van der Waals surface area contributed by atoms with Gasteiger partial charge in [0.05, 0.1) is 6.20 Å². The third-order valence-corrected chi connectivity index (χ3v) is 2.30. The molecule has 3 aromatic rings. The van der Waals surface area contributed by atoms with E-state index in [0.717, 1.165) is 15.8 Å². The lowest BCUT2D eigenvalue weighted by Gasteiger charge is -2.02. The number of fused-ring (bicyclic) bond motifs is 3. The standard InChI is InChI=1S/C10H7N3O/c14-13-6-8-5-11-7-12(8)9-3-1-2-4-10(9)13/h1-7H. The van der Waals surface area contributed by atoms with Crippen molar-refractivity contribution in [2.24, 2.45) is 0 Å². The molecule has 2 heterocycles. The van der Waals surface area contributed by atoms with Crippen molar-refractivity contribution in [3.63, 3.8) is 0 Å². The highest BCUT2D eigenvalue weighted by Gasteiger charge is 2.07. The summed E-state index contributed by atoms with van der Waals surface area (Å²) in [5.74, 6) is 0. The van der Waals surface area contributed by atoms with Crippen molar-refractivity contribution in [2.45, 2.75) is 0 Å². The zero-order valence-electron chi connectivity index (χ0n) is 7.29. The van der Waals surface area contributed by atoms with Crippen LogP contribution in [0.4, 0.5) is 0 Å². The molecule has 0 atom stereocenters. The first kappa shape index (κ1) is 7.32. The number of benzene rings is 1. The van der Waals surface area contributed by atoms with Gasteiger partial charge in [-0.05, 0) is 6.07 Å². The highest BCUT2D eigenvalue weighted by Crippen LogP contribution is 2.11. The fourth-order valence-corrected chi connectivity index (χ4v) is 1.65. The minimum absolute atomic E-state index is 0.651. The zero-order chi connectivity index (χ0) is 9.54. The summed E-state index contributed by atoms with van der Waals surface area (Å²) in [6.45, 7) is 0. The van der Waals surface area contributed by atoms with Gasteiger partial charge in [0.2, 0.25) is 11.7 Å². The predicted octanol–water partition coefficient (Wildman–Crippen LogP) is 1.12. The van der Waals surface area contributed by atoms with Crippen molar-refractivity contribution >= 4 is 16.6 Å². The summed E-state index contributed by atoms with van der Waals surface area (Å²) in [6.07, 6.45) is 4.90. The van der Waals surface area contributed by atoms with Crippen molar-refractivity contribution in [1.82, 2.24) is 9.38 Å². The highest BCUT2D eigenvalue weighted by atomic mass is 16.5. The third kappa shape index (κ3) is 0.821. The Kier molecular flexibility index (Phi) is 1.28. The van der Waals surface area contributed by atoms with E-state index < -0.39 is 0 Å². The largest absolute Gasteiger partial charge is 0.618 e. The molecule has 0 unspecified atom stereocenters. The van der Waals surface area contributed by atoms with Crippen LogP contribution in [-0.4, -0.2) is 9.38 Å². The van der Waals surface area contributed by atoms with E-state index >= 15 is 0 Å². The second-order valence-corrected chi connectivity index (χ2v) is 3.13. The number of hydrogen-bond donors (Lipinski definition) is 0. The molecule has 0 bridgehead atoms. The van der Waals surface area contributed by atoms with Crippen LogP contribution in [0.15, 0.2) is 43.0 Å². The number of imidazole rings is 1. The molecule has 0 saturated heterocycles. The van der Waals surface area contributed by atoms with Crippen LogP contribution in [0.1, 0.15) is 0 Å². The van der Waals surface area contributed by atoms with Gasteiger partial charge in [-0.3, -0.25) is 4.40 Å². The molecule has 4 nitrogen and oxygen atoms in total. The first-order chi connectivity index (χ1) is 6.86. The average Bonchev–Trinajstić information content (AvgIpc) is 2.66. The second kappa shape index (κ2) is 2.45. The van der Waals surface area contributed by atoms with Crippen LogP contribution in [-0.2, 0) is 0 Å². The Morgan fingerprint density at radius 1 is 1.29 bits per heavy atom. The van der Waals surface area contributed by atoms with E-state index in [-0.39, 0.29) is 0 Å². The summed E-state index contributed by atoms with van der Waals surface area (Å²) >= 11 is 0. The Balaban J connectivity index is 2.67. The van der Waals surface area contributed by atoms with Crippen LogP contribution in [0, 0.1) is 5.21 Å². The van der Waals surface area contributed by atoms with Crippen molar-refractivity contribution in [3.05, 3.63) is 48.2 Å². The van der Waals surface area contributed by atoms with Crippen molar-refractivity contribution in [3.8, 4) is 0 Å².